The number of halogens is 1. The highest BCUT2D eigenvalue weighted by Crippen LogP contribution is 2.35. The smallest absolute Gasteiger partial charge is 0.151 e. The SMILES string of the molecule is N#Cc1c(N)nc(Nc2ccccc2)c(C#N)c1-c1ccc(Br)cc1. The largest absolute Gasteiger partial charge is 0.383 e. The molecule has 0 saturated heterocycles. The Morgan fingerprint density at radius 1 is 0.920 bits per heavy atom. The molecule has 0 aliphatic rings. The van der Waals surface area contributed by atoms with Gasteiger partial charge in [0.25, 0.3) is 0 Å². The summed E-state index contributed by atoms with van der Waals surface area (Å²) in [6.45, 7) is 0. The number of aromatic nitrogens is 1. The summed E-state index contributed by atoms with van der Waals surface area (Å²) in [6, 6.07) is 20.9. The lowest BCUT2D eigenvalue weighted by atomic mass is 9.96. The van der Waals surface area contributed by atoms with Gasteiger partial charge in [-0.25, -0.2) is 4.98 Å². The molecule has 0 aliphatic heterocycles. The van der Waals surface area contributed by atoms with E-state index in [1.165, 1.54) is 0 Å². The predicted octanol–water partition coefficient (Wildman–Crippen LogP) is 4.58. The van der Waals surface area contributed by atoms with Gasteiger partial charge in [-0.2, -0.15) is 10.5 Å². The van der Waals surface area contributed by atoms with Crippen molar-refractivity contribution in [3.05, 3.63) is 70.2 Å². The maximum Gasteiger partial charge on any atom is 0.151 e. The summed E-state index contributed by atoms with van der Waals surface area (Å²) in [5, 5.41) is 22.3. The van der Waals surface area contributed by atoms with Crippen LogP contribution >= 0.6 is 15.9 Å². The van der Waals surface area contributed by atoms with E-state index < -0.39 is 0 Å². The molecule has 0 spiro atoms. The molecule has 1 aromatic heterocycles. The van der Waals surface area contributed by atoms with Crippen LogP contribution in [0.2, 0.25) is 0 Å². The number of pyridine rings is 1. The van der Waals surface area contributed by atoms with Gasteiger partial charge in [-0.05, 0) is 29.8 Å². The van der Waals surface area contributed by atoms with Gasteiger partial charge in [0.2, 0.25) is 0 Å². The Kier molecular flexibility index (Phi) is 4.65. The zero-order valence-electron chi connectivity index (χ0n) is 13.0. The van der Waals surface area contributed by atoms with E-state index in [-0.39, 0.29) is 16.9 Å². The van der Waals surface area contributed by atoms with Crippen LogP contribution in [-0.4, -0.2) is 4.98 Å². The molecule has 6 heteroatoms. The van der Waals surface area contributed by atoms with Gasteiger partial charge in [-0.1, -0.05) is 46.3 Å². The minimum atomic E-state index is 0.0813. The molecule has 0 radical (unpaired) electrons. The second kappa shape index (κ2) is 7.04. The Morgan fingerprint density at radius 2 is 1.56 bits per heavy atom. The Bertz CT molecular complexity index is 999. The third-order valence-corrected chi connectivity index (χ3v) is 4.15. The molecule has 25 heavy (non-hydrogen) atoms. The summed E-state index contributed by atoms with van der Waals surface area (Å²) < 4.78 is 0.901. The topological polar surface area (TPSA) is 98.5 Å². The molecule has 0 bridgehead atoms. The highest BCUT2D eigenvalue weighted by molar-refractivity contribution is 9.10. The highest BCUT2D eigenvalue weighted by Gasteiger charge is 2.20. The van der Waals surface area contributed by atoms with Crippen molar-refractivity contribution in [1.29, 1.82) is 10.5 Å². The molecule has 0 atom stereocenters. The molecule has 3 aromatic rings. The number of benzene rings is 2. The Morgan fingerprint density at radius 3 is 2.16 bits per heavy atom. The fourth-order valence-corrected chi connectivity index (χ4v) is 2.74. The van der Waals surface area contributed by atoms with Crippen LogP contribution < -0.4 is 11.1 Å². The Labute approximate surface area is 153 Å². The van der Waals surface area contributed by atoms with Crippen molar-refractivity contribution < 1.29 is 0 Å². The summed E-state index contributed by atoms with van der Waals surface area (Å²) in [4.78, 5) is 4.23. The van der Waals surface area contributed by atoms with Crippen LogP contribution in [0.1, 0.15) is 11.1 Å². The van der Waals surface area contributed by atoms with Crippen LogP contribution in [0.25, 0.3) is 11.1 Å². The van der Waals surface area contributed by atoms with Crippen LogP contribution in [-0.2, 0) is 0 Å². The molecule has 5 nitrogen and oxygen atoms in total. The second-order valence-corrected chi connectivity index (χ2v) is 6.11. The van der Waals surface area contributed by atoms with Crippen molar-refractivity contribution >= 4 is 33.3 Å². The molecule has 0 aliphatic carbocycles. The fourth-order valence-electron chi connectivity index (χ4n) is 2.48. The zero-order valence-corrected chi connectivity index (χ0v) is 14.6. The van der Waals surface area contributed by atoms with Gasteiger partial charge in [0.1, 0.15) is 29.1 Å². The molecular weight excluding hydrogens is 378 g/mol. The highest BCUT2D eigenvalue weighted by atomic mass is 79.9. The summed E-state index contributed by atoms with van der Waals surface area (Å²) in [5.41, 5.74) is 8.43. The first-order valence-electron chi connectivity index (χ1n) is 7.35. The summed E-state index contributed by atoms with van der Waals surface area (Å²) in [6.07, 6.45) is 0. The third kappa shape index (κ3) is 3.30. The van der Waals surface area contributed by atoms with Crippen molar-refractivity contribution in [3.63, 3.8) is 0 Å². The number of nitrogens with two attached hydrogens (primary N) is 1. The van der Waals surface area contributed by atoms with Crippen molar-refractivity contribution in [3.8, 4) is 23.3 Å². The van der Waals surface area contributed by atoms with E-state index in [1.54, 1.807) is 0 Å². The van der Waals surface area contributed by atoms with Crippen molar-refractivity contribution in [2.75, 3.05) is 11.1 Å². The van der Waals surface area contributed by atoms with Gasteiger partial charge >= 0.3 is 0 Å². The van der Waals surface area contributed by atoms with E-state index in [0.29, 0.717) is 11.4 Å². The standard InChI is InChI=1S/C19H12BrN5/c20-13-8-6-12(7-9-13)17-15(10-21)18(23)25-19(16(17)11-22)24-14-4-2-1-3-5-14/h1-9H,(H3,23,24,25). The van der Waals surface area contributed by atoms with Gasteiger partial charge in [0, 0.05) is 15.7 Å². The van der Waals surface area contributed by atoms with Crippen LogP contribution in [0.3, 0.4) is 0 Å². The molecule has 0 amide bonds. The molecule has 1 heterocycles. The van der Waals surface area contributed by atoms with Gasteiger partial charge < -0.3 is 11.1 Å². The maximum absolute atomic E-state index is 9.71. The number of para-hydroxylation sites is 1. The van der Waals surface area contributed by atoms with Gasteiger partial charge in [-0.15, -0.1) is 0 Å². The lowest BCUT2D eigenvalue weighted by Crippen LogP contribution is -2.06. The third-order valence-electron chi connectivity index (χ3n) is 3.62. The lowest BCUT2D eigenvalue weighted by molar-refractivity contribution is 1.27. The van der Waals surface area contributed by atoms with E-state index >= 15 is 0 Å². The molecule has 0 fully saturated rings. The van der Waals surface area contributed by atoms with Crippen LogP contribution in [0, 0.1) is 22.7 Å². The van der Waals surface area contributed by atoms with Crippen molar-refractivity contribution in [2.24, 2.45) is 0 Å². The monoisotopic (exact) mass is 389 g/mol. The molecule has 120 valence electrons. The minimum absolute atomic E-state index is 0.0813. The van der Waals surface area contributed by atoms with E-state index in [2.05, 4.69) is 38.4 Å². The number of hydrogen-bond acceptors (Lipinski definition) is 5. The quantitative estimate of drug-likeness (QED) is 0.682. The lowest BCUT2D eigenvalue weighted by Gasteiger charge is -2.14. The first kappa shape index (κ1) is 16.5. The van der Waals surface area contributed by atoms with E-state index in [9.17, 15) is 10.5 Å². The molecule has 2 aromatic carbocycles. The number of anilines is 3. The summed E-state index contributed by atoms with van der Waals surface area (Å²) >= 11 is 3.38. The average Bonchev–Trinajstić information content (AvgIpc) is 2.63. The predicted molar refractivity (Wildman–Crippen MR) is 101 cm³/mol. The van der Waals surface area contributed by atoms with Crippen molar-refractivity contribution in [2.45, 2.75) is 0 Å². The number of hydrogen-bond donors (Lipinski definition) is 2. The van der Waals surface area contributed by atoms with Gasteiger partial charge in [-0.3, -0.25) is 0 Å². The van der Waals surface area contributed by atoms with Crippen molar-refractivity contribution in [1.82, 2.24) is 4.98 Å². The number of nitrogens with zero attached hydrogens (tertiary/aromatic N) is 3. The average molecular weight is 390 g/mol. The fraction of sp³-hybridized carbons (Fsp3) is 0. The number of nitriles is 2. The first-order valence-corrected chi connectivity index (χ1v) is 8.15. The van der Waals surface area contributed by atoms with Gasteiger partial charge in [0.15, 0.2) is 5.82 Å². The molecule has 0 unspecified atom stereocenters. The number of nitrogens with one attached hydrogen (secondary N) is 1. The van der Waals surface area contributed by atoms with Crippen LogP contribution in [0.15, 0.2) is 59.1 Å². The molecule has 0 saturated carbocycles. The number of nitrogen functional groups attached to an aromatic ring is 1. The van der Waals surface area contributed by atoms with E-state index in [0.717, 1.165) is 15.7 Å². The second-order valence-electron chi connectivity index (χ2n) is 5.19. The normalized spacial score (nSPS) is 9.88. The Hall–Kier alpha value is -3.35. The maximum atomic E-state index is 9.71. The summed E-state index contributed by atoms with van der Waals surface area (Å²) in [5.74, 6) is 0.404. The number of rotatable bonds is 3. The Balaban J connectivity index is 2.24. The zero-order chi connectivity index (χ0) is 17.8. The van der Waals surface area contributed by atoms with Crippen LogP contribution in [0.5, 0.6) is 0 Å². The first-order chi connectivity index (χ1) is 12.1. The van der Waals surface area contributed by atoms with E-state index in [4.69, 9.17) is 5.73 Å². The van der Waals surface area contributed by atoms with Crippen LogP contribution in [0.4, 0.5) is 17.3 Å². The van der Waals surface area contributed by atoms with E-state index in [1.807, 2.05) is 54.6 Å². The minimum Gasteiger partial charge on any atom is -0.383 e. The molecule has 3 N–H and O–H groups in total. The summed E-state index contributed by atoms with van der Waals surface area (Å²) in [7, 11) is 0. The molecular formula is C19H12BrN5. The van der Waals surface area contributed by atoms with Gasteiger partial charge in [0.05, 0.1) is 0 Å². The molecule has 3 rings (SSSR count).